The number of pyridine rings is 2. The van der Waals surface area contributed by atoms with Crippen LogP contribution < -0.4 is 0 Å². The Morgan fingerprint density at radius 1 is 0.821 bits per heavy atom. The molecule has 4 rings (SSSR count). The van der Waals surface area contributed by atoms with Gasteiger partial charge in [-0.25, -0.2) is 9.59 Å². The van der Waals surface area contributed by atoms with E-state index in [2.05, 4.69) is 25.8 Å². The maximum Gasteiger partial charge on any atom is 0.490 e. The summed E-state index contributed by atoms with van der Waals surface area (Å²) in [6.07, 6.45) is 1.01. The molecule has 2 aromatic heterocycles. The molecule has 0 unspecified atom stereocenters. The van der Waals surface area contributed by atoms with Crippen molar-refractivity contribution in [3.05, 3.63) is 60.2 Å². The van der Waals surface area contributed by atoms with E-state index in [1.807, 2.05) is 30.6 Å². The Morgan fingerprint density at radius 3 is 1.82 bits per heavy atom. The van der Waals surface area contributed by atoms with Crippen LogP contribution >= 0.6 is 0 Å². The summed E-state index contributed by atoms with van der Waals surface area (Å²) in [4.78, 5) is 43.2. The number of carbonyl (C=O) groups excluding carboxylic acids is 1. The Kier molecular flexibility index (Phi) is 10.8. The molecular formula is C24H26F6N4O5. The van der Waals surface area contributed by atoms with Gasteiger partial charge in [0.2, 0.25) is 5.91 Å². The molecule has 0 bridgehead atoms. The zero-order chi connectivity index (χ0) is 29.3. The Balaban J connectivity index is 0.000000317. The topological polar surface area (TPSA) is 124 Å². The fourth-order valence-corrected chi connectivity index (χ4v) is 4.20. The average molecular weight is 564 g/mol. The summed E-state index contributed by atoms with van der Waals surface area (Å²) in [5.74, 6) is -5.21. The van der Waals surface area contributed by atoms with Crippen LogP contribution in [-0.2, 0) is 27.5 Å². The summed E-state index contributed by atoms with van der Waals surface area (Å²) in [7, 11) is 0. The van der Waals surface area contributed by atoms with E-state index in [1.165, 1.54) is 11.1 Å². The van der Waals surface area contributed by atoms with Crippen LogP contribution in [0.15, 0.2) is 49.1 Å². The first-order valence-corrected chi connectivity index (χ1v) is 11.5. The van der Waals surface area contributed by atoms with E-state index < -0.39 is 24.3 Å². The van der Waals surface area contributed by atoms with Gasteiger partial charge in [0.15, 0.2) is 0 Å². The fraction of sp³-hybridized carbons (Fsp3) is 0.458. The van der Waals surface area contributed by atoms with Crippen molar-refractivity contribution in [2.75, 3.05) is 13.1 Å². The minimum absolute atomic E-state index is 0.0474. The van der Waals surface area contributed by atoms with Gasteiger partial charge in [-0.3, -0.25) is 19.7 Å². The Morgan fingerprint density at radius 2 is 1.36 bits per heavy atom. The molecule has 2 aromatic rings. The monoisotopic (exact) mass is 564 g/mol. The molecule has 2 N–H and O–H groups in total. The number of carboxylic acids is 2. The molecule has 39 heavy (non-hydrogen) atoms. The molecule has 0 radical (unpaired) electrons. The smallest absolute Gasteiger partial charge is 0.475 e. The van der Waals surface area contributed by atoms with E-state index in [1.54, 1.807) is 12.4 Å². The van der Waals surface area contributed by atoms with E-state index in [0.29, 0.717) is 18.9 Å². The molecule has 9 nitrogen and oxygen atoms in total. The minimum atomic E-state index is -5.08. The predicted molar refractivity (Wildman–Crippen MR) is 123 cm³/mol. The van der Waals surface area contributed by atoms with Crippen molar-refractivity contribution < 1.29 is 50.9 Å². The van der Waals surface area contributed by atoms with Crippen molar-refractivity contribution in [3.8, 4) is 0 Å². The molecular weight excluding hydrogens is 538 g/mol. The lowest BCUT2D eigenvalue weighted by Gasteiger charge is -2.45. The van der Waals surface area contributed by atoms with Gasteiger partial charge in [-0.15, -0.1) is 0 Å². The number of alkyl halides is 6. The van der Waals surface area contributed by atoms with Gasteiger partial charge in [0.1, 0.15) is 0 Å². The van der Waals surface area contributed by atoms with Crippen LogP contribution in [0, 0.1) is 0 Å². The Hall–Kier alpha value is -3.75. The highest BCUT2D eigenvalue weighted by molar-refractivity contribution is 5.79. The van der Waals surface area contributed by atoms with Gasteiger partial charge in [-0.05, 0) is 48.6 Å². The highest BCUT2D eigenvalue weighted by atomic mass is 19.4. The van der Waals surface area contributed by atoms with E-state index in [9.17, 15) is 31.1 Å². The van der Waals surface area contributed by atoms with Gasteiger partial charge in [0.25, 0.3) is 0 Å². The summed E-state index contributed by atoms with van der Waals surface area (Å²) in [6.45, 7) is 3.73. The van der Waals surface area contributed by atoms with Gasteiger partial charge < -0.3 is 15.1 Å². The molecule has 1 amide bonds. The van der Waals surface area contributed by atoms with Crippen molar-refractivity contribution >= 4 is 17.8 Å². The van der Waals surface area contributed by atoms with Crippen LogP contribution in [0.5, 0.6) is 0 Å². The lowest BCUT2D eigenvalue weighted by Crippen LogP contribution is -2.52. The van der Waals surface area contributed by atoms with Crippen molar-refractivity contribution in [2.24, 2.45) is 0 Å². The van der Waals surface area contributed by atoms with E-state index in [0.717, 1.165) is 38.9 Å². The van der Waals surface area contributed by atoms with Gasteiger partial charge in [0, 0.05) is 62.9 Å². The summed E-state index contributed by atoms with van der Waals surface area (Å²) >= 11 is 0. The SMILES string of the molecule is O=C(O)C(F)(F)F.O=C(O)C(F)(F)F.O=C1CCC2(CCN(Cc3cccnc3)CC2)N1Cc1ccncc1. The number of carboxylic acid groups (broad SMARTS) is 2. The third kappa shape index (κ3) is 9.81. The zero-order valence-electron chi connectivity index (χ0n) is 20.5. The molecule has 2 fully saturated rings. The van der Waals surface area contributed by atoms with Crippen LogP contribution in [0.3, 0.4) is 0 Å². The number of hydrogen-bond donors (Lipinski definition) is 2. The quantitative estimate of drug-likeness (QED) is 0.536. The van der Waals surface area contributed by atoms with Crippen LogP contribution in [-0.4, -0.2) is 78.8 Å². The fourth-order valence-electron chi connectivity index (χ4n) is 4.20. The normalized spacial score (nSPS) is 17.1. The number of amides is 1. The number of aliphatic carboxylic acids is 2. The third-order valence-electron chi connectivity index (χ3n) is 6.17. The van der Waals surface area contributed by atoms with Crippen molar-refractivity contribution in [1.82, 2.24) is 19.8 Å². The van der Waals surface area contributed by atoms with E-state index in [4.69, 9.17) is 19.8 Å². The zero-order valence-corrected chi connectivity index (χ0v) is 20.5. The minimum Gasteiger partial charge on any atom is -0.475 e. The average Bonchev–Trinajstić information content (AvgIpc) is 3.16. The summed E-state index contributed by atoms with van der Waals surface area (Å²) in [5, 5.41) is 14.2. The molecule has 2 aliphatic heterocycles. The summed E-state index contributed by atoms with van der Waals surface area (Å²) < 4.78 is 63.5. The van der Waals surface area contributed by atoms with Gasteiger partial charge in [-0.1, -0.05) is 6.07 Å². The molecule has 1 spiro atoms. The number of carbonyl (C=O) groups is 3. The number of nitrogens with zero attached hydrogens (tertiary/aromatic N) is 4. The molecule has 4 heterocycles. The summed E-state index contributed by atoms with van der Waals surface area (Å²) in [5.41, 5.74) is 2.48. The lowest BCUT2D eigenvalue weighted by atomic mass is 9.84. The second kappa shape index (κ2) is 13.4. The molecule has 0 aromatic carbocycles. The second-order valence-electron chi connectivity index (χ2n) is 8.80. The molecule has 214 valence electrons. The first kappa shape index (κ1) is 31.5. The van der Waals surface area contributed by atoms with E-state index >= 15 is 0 Å². The molecule has 2 aliphatic rings. The van der Waals surface area contributed by atoms with Crippen molar-refractivity contribution in [3.63, 3.8) is 0 Å². The molecule has 0 atom stereocenters. The van der Waals surface area contributed by atoms with Crippen molar-refractivity contribution in [2.45, 2.75) is 56.7 Å². The maximum absolute atomic E-state index is 12.5. The van der Waals surface area contributed by atoms with Crippen LogP contribution in [0.2, 0.25) is 0 Å². The number of likely N-dealkylation sites (tertiary alicyclic amines) is 2. The third-order valence-corrected chi connectivity index (χ3v) is 6.17. The van der Waals surface area contributed by atoms with Gasteiger partial charge in [-0.2, -0.15) is 26.3 Å². The summed E-state index contributed by atoms with van der Waals surface area (Å²) in [6, 6.07) is 8.15. The first-order valence-electron chi connectivity index (χ1n) is 11.5. The van der Waals surface area contributed by atoms with Gasteiger partial charge in [0.05, 0.1) is 0 Å². The molecule has 0 saturated carbocycles. The highest BCUT2D eigenvalue weighted by Crippen LogP contribution is 2.40. The van der Waals surface area contributed by atoms with Crippen molar-refractivity contribution in [1.29, 1.82) is 0 Å². The number of rotatable bonds is 4. The molecule has 15 heteroatoms. The first-order chi connectivity index (χ1) is 18.1. The van der Waals surface area contributed by atoms with Crippen LogP contribution in [0.1, 0.15) is 36.8 Å². The Bertz CT molecular complexity index is 1070. The lowest BCUT2D eigenvalue weighted by molar-refractivity contribution is -0.193. The predicted octanol–water partition coefficient (Wildman–Crippen LogP) is 3.90. The molecule has 0 aliphatic carbocycles. The van der Waals surface area contributed by atoms with E-state index in [-0.39, 0.29) is 5.54 Å². The largest absolute Gasteiger partial charge is 0.490 e. The van der Waals surface area contributed by atoms with Crippen LogP contribution in [0.25, 0.3) is 0 Å². The number of piperidine rings is 1. The van der Waals surface area contributed by atoms with Gasteiger partial charge >= 0.3 is 24.3 Å². The number of aromatic nitrogens is 2. The standard InChI is InChI=1S/C20H24N4O.2C2HF3O2/c25-19-3-6-20(24(19)16-17-4-10-21-11-5-17)7-12-23(13-8-20)15-18-2-1-9-22-14-18;2*3-2(4,5)1(6)7/h1-2,4-5,9-11,14H,3,6-8,12-13,15-16H2;2*(H,6,7). The number of hydrogen-bond acceptors (Lipinski definition) is 6. The molecule has 2 saturated heterocycles. The van der Waals surface area contributed by atoms with Crippen LogP contribution in [0.4, 0.5) is 26.3 Å². The Labute approximate surface area is 219 Å². The number of halogens is 6. The highest BCUT2D eigenvalue weighted by Gasteiger charge is 2.46. The maximum atomic E-state index is 12.5. The second-order valence-corrected chi connectivity index (χ2v) is 8.80.